The molecule has 5 rings (SSSR count). The maximum atomic E-state index is 13.6. The zero-order chi connectivity index (χ0) is 27.9. The molecule has 0 saturated carbocycles. The SMILES string of the molecule is Cc1cc2cn(Cc3ccccc3)cc2c(C(N)=O)c1NC(=O)c1cc(C(F)(F)F)nn1-c1ncccc1P. The molecule has 0 spiro atoms. The van der Waals surface area contributed by atoms with Crippen molar-refractivity contribution in [2.45, 2.75) is 19.6 Å². The molecule has 8 nitrogen and oxygen atoms in total. The van der Waals surface area contributed by atoms with E-state index in [2.05, 4.69) is 24.6 Å². The van der Waals surface area contributed by atoms with Gasteiger partial charge in [0.1, 0.15) is 5.69 Å². The molecule has 5 aromatic rings. The highest BCUT2D eigenvalue weighted by Gasteiger charge is 2.36. The third kappa shape index (κ3) is 5.13. The van der Waals surface area contributed by atoms with Crippen LogP contribution in [-0.4, -0.2) is 31.1 Å². The van der Waals surface area contributed by atoms with E-state index in [9.17, 15) is 22.8 Å². The van der Waals surface area contributed by atoms with E-state index < -0.39 is 29.4 Å². The molecular formula is C27H22F3N6O2P. The predicted octanol–water partition coefficient (Wildman–Crippen LogP) is 4.45. The summed E-state index contributed by atoms with van der Waals surface area (Å²) in [6.45, 7) is 2.21. The molecular weight excluding hydrogens is 528 g/mol. The summed E-state index contributed by atoms with van der Waals surface area (Å²) >= 11 is 0. The van der Waals surface area contributed by atoms with Crippen LogP contribution < -0.4 is 16.4 Å². The summed E-state index contributed by atoms with van der Waals surface area (Å²) in [6.07, 6.45) is 0.186. The standard InChI is InChI=1S/C27H22F3N6O2P/c1-15-10-17-13-35(12-16-6-3-2-4-7-16)14-18(17)22(24(31)37)23(15)33-26(38)19-11-21(27(28,29)30)34-36(19)25-20(39)8-5-9-32-25/h2-11,13-14H,12,39H2,1H3,(H2,31,37)(H,33,38). The maximum absolute atomic E-state index is 13.6. The second-order valence-electron chi connectivity index (χ2n) is 8.92. The third-order valence-electron chi connectivity index (χ3n) is 6.14. The van der Waals surface area contributed by atoms with Crippen molar-refractivity contribution in [3.05, 3.63) is 101 Å². The number of rotatable bonds is 6. The molecule has 0 aliphatic rings. The van der Waals surface area contributed by atoms with Crippen molar-refractivity contribution in [1.29, 1.82) is 0 Å². The van der Waals surface area contributed by atoms with Gasteiger partial charge in [-0.1, -0.05) is 30.3 Å². The molecule has 0 fully saturated rings. The van der Waals surface area contributed by atoms with E-state index >= 15 is 0 Å². The molecule has 1 atom stereocenters. The van der Waals surface area contributed by atoms with Crippen LogP contribution >= 0.6 is 9.24 Å². The normalized spacial score (nSPS) is 11.6. The molecule has 3 N–H and O–H groups in total. The molecule has 0 aliphatic carbocycles. The summed E-state index contributed by atoms with van der Waals surface area (Å²) in [5.41, 5.74) is 5.78. The molecule has 0 radical (unpaired) electrons. The van der Waals surface area contributed by atoms with Gasteiger partial charge in [0.05, 0.1) is 11.3 Å². The van der Waals surface area contributed by atoms with Crippen LogP contribution in [-0.2, 0) is 12.7 Å². The van der Waals surface area contributed by atoms with E-state index in [-0.39, 0.29) is 17.1 Å². The first-order valence-corrected chi connectivity index (χ1v) is 12.3. The van der Waals surface area contributed by atoms with Crippen molar-refractivity contribution in [3.8, 4) is 5.82 Å². The summed E-state index contributed by atoms with van der Waals surface area (Å²) in [5, 5.41) is 7.87. The number of aromatic nitrogens is 4. The number of alkyl halides is 3. The van der Waals surface area contributed by atoms with E-state index in [1.54, 1.807) is 31.3 Å². The van der Waals surface area contributed by atoms with Crippen molar-refractivity contribution in [3.63, 3.8) is 0 Å². The van der Waals surface area contributed by atoms with E-state index in [1.165, 1.54) is 6.20 Å². The number of benzene rings is 2. The van der Waals surface area contributed by atoms with Gasteiger partial charge in [-0.05, 0) is 36.2 Å². The lowest BCUT2D eigenvalue weighted by Gasteiger charge is -2.14. The van der Waals surface area contributed by atoms with E-state index in [0.29, 0.717) is 28.9 Å². The lowest BCUT2D eigenvalue weighted by atomic mass is 10.0. The van der Waals surface area contributed by atoms with Crippen LogP contribution in [0.15, 0.2) is 73.2 Å². The fraction of sp³-hybridized carbons (Fsp3) is 0.111. The zero-order valence-electron chi connectivity index (χ0n) is 20.5. The number of pyridine rings is 1. The highest BCUT2D eigenvalue weighted by molar-refractivity contribution is 7.27. The minimum atomic E-state index is -4.80. The largest absolute Gasteiger partial charge is 0.435 e. The van der Waals surface area contributed by atoms with Crippen molar-refractivity contribution in [2.24, 2.45) is 5.73 Å². The van der Waals surface area contributed by atoms with Crippen LogP contribution in [0.25, 0.3) is 16.6 Å². The van der Waals surface area contributed by atoms with Crippen LogP contribution in [0.3, 0.4) is 0 Å². The predicted molar refractivity (Wildman–Crippen MR) is 144 cm³/mol. The molecule has 0 bridgehead atoms. The van der Waals surface area contributed by atoms with Crippen LogP contribution in [0.2, 0.25) is 0 Å². The molecule has 198 valence electrons. The number of nitrogens with zero attached hydrogens (tertiary/aromatic N) is 4. The molecule has 2 aromatic carbocycles. The number of aryl methyl sites for hydroxylation is 1. The molecule has 2 amide bonds. The van der Waals surface area contributed by atoms with Crippen LogP contribution in [0, 0.1) is 6.92 Å². The highest BCUT2D eigenvalue weighted by atomic mass is 31.0. The maximum Gasteiger partial charge on any atom is 0.435 e. The summed E-state index contributed by atoms with van der Waals surface area (Å²) in [6, 6.07) is 15.3. The van der Waals surface area contributed by atoms with Crippen LogP contribution in [0.1, 0.15) is 37.7 Å². The van der Waals surface area contributed by atoms with Gasteiger partial charge in [0.15, 0.2) is 11.5 Å². The third-order valence-corrected chi connectivity index (χ3v) is 6.59. The Kier molecular flexibility index (Phi) is 6.69. The van der Waals surface area contributed by atoms with Gasteiger partial charge in [-0.15, -0.1) is 9.24 Å². The Morgan fingerprint density at radius 3 is 2.49 bits per heavy atom. The molecule has 3 heterocycles. The quantitative estimate of drug-likeness (QED) is 0.305. The molecule has 0 saturated heterocycles. The minimum Gasteiger partial charge on any atom is -0.366 e. The average molecular weight is 550 g/mol. The Morgan fingerprint density at radius 1 is 1.08 bits per heavy atom. The summed E-state index contributed by atoms with van der Waals surface area (Å²) in [7, 11) is 2.35. The fourth-order valence-electron chi connectivity index (χ4n) is 4.40. The number of nitrogens with one attached hydrogen (secondary N) is 1. The minimum absolute atomic E-state index is 0.0310. The number of anilines is 1. The van der Waals surface area contributed by atoms with Gasteiger partial charge in [0.2, 0.25) is 0 Å². The Hall–Kier alpha value is -4.50. The van der Waals surface area contributed by atoms with E-state index in [0.717, 1.165) is 15.6 Å². The second kappa shape index (κ2) is 9.99. The van der Waals surface area contributed by atoms with Gasteiger partial charge >= 0.3 is 6.18 Å². The van der Waals surface area contributed by atoms with Gasteiger partial charge in [-0.2, -0.15) is 18.3 Å². The van der Waals surface area contributed by atoms with Crippen molar-refractivity contribution < 1.29 is 22.8 Å². The fourth-order valence-corrected chi connectivity index (χ4v) is 4.70. The first-order valence-electron chi connectivity index (χ1n) is 11.7. The van der Waals surface area contributed by atoms with E-state index in [4.69, 9.17) is 5.73 Å². The number of carbonyl (C=O) groups is 2. The van der Waals surface area contributed by atoms with Gasteiger partial charge in [0, 0.05) is 47.3 Å². The van der Waals surface area contributed by atoms with Crippen molar-refractivity contribution in [1.82, 2.24) is 19.3 Å². The van der Waals surface area contributed by atoms with Gasteiger partial charge < -0.3 is 15.6 Å². The first kappa shape index (κ1) is 26.1. The highest BCUT2D eigenvalue weighted by Crippen LogP contribution is 2.33. The lowest BCUT2D eigenvalue weighted by molar-refractivity contribution is -0.141. The number of primary amides is 1. The number of carbonyl (C=O) groups excluding carboxylic acids is 2. The van der Waals surface area contributed by atoms with E-state index in [1.807, 2.05) is 41.1 Å². The summed E-state index contributed by atoms with van der Waals surface area (Å²) in [4.78, 5) is 30.2. The molecule has 39 heavy (non-hydrogen) atoms. The Labute approximate surface area is 222 Å². The number of amides is 2. The summed E-state index contributed by atoms with van der Waals surface area (Å²) in [5.74, 6) is -1.68. The Balaban J connectivity index is 1.58. The van der Waals surface area contributed by atoms with Crippen LogP contribution in [0.4, 0.5) is 18.9 Å². The number of hydrogen-bond acceptors (Lipinski definition) is 4. The molecule has 12 heteroatoms. The number of nitrogens with two attached hydrogens (primary N) is 1. The number of hydrogen-bond donors (Lipinski definition) is 2. The number of halogens is 3. The van der Waals surface area contributed by atoms with Crippen molar-refractivity contribution >= 4 is 42.8 Å². The lowest BCUT2D eigenvalue weighted by Crippen LogP contribution is -2.23. The monoisotopic (exact) mass is 550 g/mol. The average Bonchev–Trinajstić information content (AvgIpc) is 3.49. The summed E-state index contributed by atoms with van der Waals surface area (Å²) < 4.78 is 43.4. The second-order valence-corrected chi connectivity index (χ2v) is 9.54. The Morgan fingerprint density at radius 2 is 1.82 bits per heavy atom. The van der Waals surface area contributed by atoms with Gasteiger partial charge in [0.25, 0.3) is 11.8 Å². The van der Waals surface area contributed by atoms with Crippen molar-refractivity contribution in [2.75, 3.05) is 5.32 Å². The molecule has 1 unspecified atom stereocenters. The molecule has 0 aliphatic heterocycles. The van der Waals surface area contributed by atoms with Crippen LogP contribution in [0.5, 0.6) is 0 Å². The molecule has 3 aromatic heterocycles. The number of fused-ring (bicyclic) bond motifs is 1. The van der Waals surface area contributed by atoms with Gasteiger partial charge in [-0.3, -0.25) is 9.59 Å². The first-order chi connectivity index (χ1) is 18.5. The topological polar surface area (TPSA) is 108 Å². The zero-order valence-corrected chi connectivity index (χ0v) is 21.7. The van der Waals surface area contributed by atoms with Gasteiger partial charge in [-0.25, -0.2) is 9.67 Å². The Bertz CT molecular complexity index is 1730. The smallest absolute Gasteiger partial charge is 0.366 e.